The standard InChI is InChI=1S/C15H17N3O2/c1-3-20-15(19)13-7-11(4-5-14(13)16)18-12-6-10(2)8-17-9-12/h4-9,18H,3,16H2,1-2H3. The van der Waals surface area contributed by atoms with E-state index in [-0.39, 0.29) is 0 Å². The normalized spacial score (nSPS) is 10.1. The Labute approximate surface area is 117 Å². The van der Waals surface area contributed by atoms with Crippen molar-refractivity contribution in [1.82, 2.24) is 4.98 Å². The van der Waals surface area contributed by atoms with E-state index in [0.29, 0.717) is 17.9 Å². The first-order valence-electron chi connectivity index (χ1n) is 6.35. The summed E-state index contributed by atoms with van der Waals surface area (Å²) in [6.07, 6.45) is 3.49. The summed E-state index contributed by atoms with van der Waals surface area (Å²) in [7, 11) is 0. The van der Waals surface area contributed by atoms with Gasteiger partial charge in [0.05, 0.1) is 24.1 Å². The quantitative estimate of drug-likeness (QED) is 0.660. The first-order valence-corrected chi connectivity index (χ1v) is 6.35. The highest BCUT2D eigenvalue weighted by atomic mass is 16.5. The first-order chi connectivity index (χ1) is 9.60. The summed E-state index contributed by atoms with van der Waals surface area (Å²) in [6, 6.07) is 7.13. The Morgan fingerprint density at radius 3 is 2.80 bits per heavy atom. The van der Waals surface area contributed by atoms with Crippen molar-refractivity contribution in [3.8, 4) is 0 Å². The fourth-order valence-electron chi connectivity index (χ4n) is 1.81. The molecule has 20 heavy (non-hydrogen) atoms. The molecule has 0 radical (unpaired) electrons. The minimum Gasteiger partial charge on any atom is -0.462 e. The van der Waals surface area contributed by atoms with Crippen molar-refractivity contribution < 1.29 is 9.53 Å². The van der Waals surface area contributed by atoms with E-state index in [1.807, 2.05) is 13.0 Å². The molecule has 0 saturated carbocycles. The molecule has 1 aromatic heterocycles. The molecule has 0 spiro atoms. The summed E-state index contributed by atoms with van der Waals surface area (Å²) < 4.78 is 4.97. The SMILES string of the molecule is CCOC(=O)c1cc(Nc2cncc(C)c2)ccc1N. The molecule has 2 rings (SSSR count). The number of nitrogens with zero attached hydrogens (tertiary/aromatic N) is 1. The first kappa shape index (κ1) is 13.9. The Balaban J connectivity index is 2.25. The van der Waals surface area contributed by atoms with E-state index >= 15 is 0 Å². The summed E-state index contributed by atoms with van der Waals surface area (Å²) in [5.41, 5.74) is 9.22. The van der Waals surface area contributed by atoms with Gasteiger partial charge >= 0.3 is 5.97 Å². The number of carbonyl (C=O) groups is 1. The van der Waals surface area contributed by atoms with Crippen LogP contribution < -0.4 is 11.1 Å². The Morgan fingerprint density at radius 1 is 1.30 bits per heavy atom. The second kappa shape index (κ2) is 6.06. The van der Waals surface area contributed by atoms with Crippen molar-refractivity contribution in [3.63, 3.8) is 0 Å². The molecule has 0 fully saturated rings. The van der Waals surface area contributed by atoms with E-state index < -0.39 is 5.97 Å². The number of benzene rings is 1. The van der Waals surface area contributed by atoms with Gasteiger partial charge in [0, 0.05) is 17.6 Å². The Kier molecular flexibility index (Phi) is 4.20. The van der Waals surface area contributed by atoms with Crippen molar-refractivity contribution in [2.75, 3.05) is 17.7 Å². The van der Waals surface area contributed by atoms with E-state index in [2.05, 4.69) is 10.3 Å². The number of rotatable bonds is 4. The summed E-state index contributed by atoms with van der Waals surface area (Å²) in [4.78, 5) is 15.9. The number of nitrogens with two attached hydrogens (primary N) is 1. The van der Waals surface area contributed by atoms with Crippen LogP contribution in [0, 0.1) is 6.92 Å². The number of aryl methyl sites for hydroxylation is 1. The molecule has 0 saturated heterocycles. The summed E-state index contributed by atoms with van der Waals surface area (Å²) in [5, 5.41) is 3.18. The zero-order valence-electron chi connectivity index (χ0n) is 11.5. The molecule has 0 aliphatic heterocycles. The average Bonchev–Trinajstić information content (AvgIpc) is 2.41. The van der Waals surface area contributed by atoms with Gasteiger partial charge in [-0.15, -0.1) is 0 Å². The van der Waals surface area contributed by atoms with Crippen LogP contribution in [0.4, 0.5) is 17.1 Å². The van der Waals surface area contributed by atoms with E-state index in [4.69, 9.17) is 10.5 Å². The maximum Gasteiger partial charge on any atom is 0.340 e. The van der Waals surface area contributed by atoms with Gasteiger partial charge in [-0.1, -0.05) is 0 Å². The van der Waals surface area contributed by atoms with E-state index in [1.165, 1.54) is 0 Å². The number of nitrogen functional groups attached to an aromatic ring is 1. The minimum atomic E-state index is -0.420. The third-order valence-electron chi connectivity index (χ3n) is 2.71. The molecule has 0 unspecified atom stereocenters. The number of carbonyl (C=O) groups excluding carboxylic acids is 1. The van der Waals surface area contributed by atoms with Crippen LogP contribution in [0.25, 0.3) is 0 Å². The van der Waals surface area contributed by atoms with Crippen molar-refractivity contribution >= 4 is 23.0 Å². The highest BCUT2D eigenvalue weighted by Crippen LogP contribution is 2.22. The van der Waals surface area contributed by atoms with Crippen LogP contribution in [0.5, 0.6) is 0 Å². The maximum absolute atomic E-state index is 11.8. The van der Waals surface area contributed by atoms with E-state index in [0.717, 1.165) is 16.9 Å². The van der Waals surface area contributed by atoms with Gasteiger partial charge in [0.15, 0.2) is 0 Å². The van der Waals surface area contributed by atoms with Crippen molar-refractivity contribution in [3.05, 3.63) is 47.8 Å². The number of pyridine rings is 1. The number of aromatic nitrogens is 1. The van der Waals surface area contributed by atoms with Gasteiger partial charge in [-0.25, -0.2) is 4.79 Å². The molecule has 104 valence electrons. The number of ether oxygens (including phenoxy) is 1. The number of hydrogen-bond donors (Lipinski definition) is 2. The van der Waals surface area contributed by atoms with Gasteiger partial charge in [-0.3, -0.25) is 4.98 Å². The maximum atomic E-state index is 11.8. The van der Waals surface area contributed by atoms with Crippen molar-refractivity contribution in [2.24, 2.45) is 0 Å². The summed E-state index contributed by atoms with van der Waals surface area (Å²) >= 11 is 0. The minimum absolute atomic E-state index is 0.317. The largest absolute Gasteiger partial charge is 0.462 e. The molecule has 5 nitrogen and oxygen atoms in total. The average molecular weight is 271 g/mol. The van der Waals surface area contributed by atoms with Gasteiger partial charge < -0.3 is 15.8 Å². The lowest BCUT2D eigenvalue weighted by atomic mass is 10.1. The lowest BCUT2D eigenvalue weighted by Crippen LogP contribution is -2.08. The third-order valence-corrected chi connectivity index (χ3v) is 2.71. The van der Waals surface area contributed by atoms with Crippen LogP contribution in [0.3, 0.4) is 0 Å². The molecular formula is C15H17N3O2. The second-order valence-electron chi connectivity index (χ2n) is 4.40. The zero-order chi connectivity index (χ0) is 14.5. The van der Waals surface area contributed by atoms with Crippen LogP contribution >= 0.6 is 0 Å². The van der Waals surface area contributed by atoms with Crippen molar-refractivity contribution in [1.29, 1.82) is 0 Å². The summed E-state index contributed by atoms with van der Waals surface area (Å²) in [5.74, 6) is -0.420. The molecule has 0 atom stereocenters. The number of nitrogens with one attached hydrogen (secondary N) is 1. The predicted molar refractivity (Wildman–Crippen MR) is 79.1 cm³/mol. The third kappa shape index (κ3) is 3.26. The van der Waals surface area contributed by atoms with Crippen LogP contribution in [0.2, 0.25) is 0 Å². The van der Waals surface area contributed by atoms with E-state index in [1.54, 1.807) is 37.5 Å². The zero-order valence-corrected chi connectivity index (χ0v) is 11.5. The lowest BCUT2D eigenvalue weighted by Gasteiger charge is -2.10. The topological polar surface area (TPSA) is 77.2 Å². The predicted octanol–water partition coefficient (Wildman–Crippen LogP) is 2.89. The smallest absolute Gasteiger partial charge is 0.340 e. The van der Waals surface area contributed by atoms with Crippen LogP contribution in [0.1, 0.15) is 22.8 Å². The van der Waals surface area contributed by atoms with Gasteiger partial charge in [-0.2, -0.15) is 0 Å². The summed E-state index contributed by atoms with van der Waals surface area (Å²) in [6.45, 7) is 4.04. The molecule has 0 bridgehead atoms. The molecule has 1 heterocycles. The Hall–Kier alpha value is -2.56. The van der Waals surface area contributed by atoms with Gasteiger partial charge in [-0.05, 0) is 43.7 Å². The monoisotopic (exact) mass is 271 g/mol. The Bertz CT molecular complexity index is 626. The van der Waals surface area contributed by atoms with Crippen LogP contribution in [-0.4, -0.2) is 17.6 Å². The van der Waals surface area contributed by atoms with Gasteiger partial charge in [0.2, 0.25) is 0 Å². The highest BCUT2D eigenvalue weighted by molar-refractivity contribution is 5.96. The number of hydrogen-bond acceptors (Lipinski definition) is 5. The molecule has 3 N–H and O–H groups in total. The Morgan fingerprint density at radius 2 is 2.10 bits per heavy atom. The van der Waals surface area contributed by atoms with Crippen LogP contribution in [0.15, 0.2) is 36.7 Å². The highest BCUT2D eigenvalue weighted by Gasteiger charge is 2.11. The molecule has 1 aromatic carbocycles. The molecule has 0 amide bonds. The molecule has 0 aliphatic rings. The number of anilines is 3. The van der Waals surface area contributed by atoms with E-state index in [9.17, 15) is 4.79 Å². The van der Waals surface area contributed by atoms with Crippen molar-refractivity contribution in [2.45, 2.75) is 13.8 Å². The molecule has 2 aromatic rings. The molecule has 0 aliphatic carbocycles. The van der Waals surface area contributed by atoms with Crippen LogP contribution in [-0.2, 0) is 4.74 Å². The van der Waals surface area contributed by atoms with Gasteiger partial charge in [0.1, 0.15) is 0 Å². The lowest BCUT2D eigenvalue weighted by molar-refractivity contribution is 0.0527. The molecule has 5 heteroatoms. The fraction of sp³-hybridized carbons (Fsp3) is 0.200. The van der Waals surface area contributed by atoms with Gasteiger partial charge in [0.25, 0.3) is 0 Å². The fourth-order valence-corrected chi connectivity index (χ4v) is 1.81. The second-order valence-corrected chi connectivity index (χ2v) is 4.40. The molecular weight excluding hydrogens is 254 g/mol. The number of esters is 1.